The van der Waals surface area contributed by atoms with Crippen LogP contribution in [-0.2, 0) is 24.7 Å². The van der Waals surface area contributed by atoms with E-state index in [-0.39, 0.29) is 25.1 Å². The predicted molar refractivity (Wildman–Crippen MR) is 97.3 cm³/mol. The Kier molecular flexibility index (Phi) is 7.59. The van der Waals surface area contributed by atoms with Gasteiger partial charge in [-0.05, 0) is 22.8 Å². The monoisotopic (exact) mass is 430 g/mol. The molecule has 2 rings (SSSR count). The number of nitrogens with zero attached hydrogens (tertiary/aromatic N) is 2. The average molecular weight is 430 g/mol. The van der Waals surface area contributed by atoms with Crippen LogP contribution < -0.4 is 0 Å². The third-order valence-electron chi connectivity index (χ3n) is 3.90. The summed E-state index contributed by atoms with van der Waals surface area (Å²) in [6.45, 7) is 2.92. The molecule has 0 saturated carbocycles. The first-order chi connectivity index (χ1) is 13.3. The van der Waals surface area contributed by atoms with E-state index in [2.05, 4.69) is 15.6 Å². The second-order valence-electron chi connectivity index (χ2n) is 5.49. The van der Waals surface area contributed by atoms with Gasteiger partial charge < -0.3 is 4.90 Å². The van der Waals surface area contributed by atoms with Crippen LogP contribution in [0.5, 0.6) is 0 Å². The molecule has 1 aromatic rings. The zero-order chi connectivity index (χ0) is 20.8. The van der Waals surface area contributed by atoms with Gasteiger partial charge in [0.05, 0.1) is 11.5 Å². The molecule has 1 aliphatic rings. The van der Waals surface area contributed by atoms with Gasteiger partial charge in [-0.15, -0.1) is 14.3 Å². The Labute approximate surface area is 160 Å². The molecule has 0 radical (unpaired) electrons. The number of amides is 1. The molecule has 0 bridgehead atoms. The quantitative estimate of drug-likeness (QED) is 0.246. The molecule has 0 spiro atoms. The van der Waals surface area contributed by atoms with Crippen LogP contribution in [0.4, 0.5) is 5.69 Å². The Morgan fingerprint density at radius 1 is 1.32 bits per heavy atom. The Morgan fingerprint density at radius 2 is 2.00 bits per heavy atom. The highest BCUT2D eigenvalue weighted by Gasteiger charge is 2.38. The van der Waals surface area contributed by atoms with Crippen molar-refractivity contribution in [1.29, 1.82) is 0 Å². The molecule has 0 fully saturated rings. The number of carbonyl (C=O) groups is 1. The highest BCUT2D eigenvalue weighted by atomic mass is 31.1. The number of allylic oxidation sites excluding steroid dienone is 2. The second kappa shape index (κ2) is 9.70. The van der Waals surface area contributed by atoms with E-state index in [9.17, 15) is 24.0 Å². The maximum atomic E-state index is 12.6. The molecule has 2 N–H and O–H groups in total. The molecule has 11 nitrogen and oxygen atoms in total. The Balaban J connectivity index is 2.45. The van der Waals surface area contributed by atoms with Gasteiger partial charge >= 0.3 is 16.5 Å². The van der Waals surface area contributed by atoms with Crippen molar-refractivity contribution in [3.8, 4) is 0 Å². The van der Waals surface area contributed by atoms with Crippen molar-refractivity contribution in [3.63, 3.8) is 0 Å². The van der Waals surface area contributed by atoms with E-state index in [0.29, 0.717) is 16.7 Å². The lowest BCUT2D eigenvalue weighted by atomic mass is 9.93. The molecule has 13 heteroatoms. The summed E-state index contributed by atoms with van der Waals surface area (Å²) < 4.78 is 30.7. The van der Waals surface area contributed by atoms with E-state index >= 15 is 0 Å². The molecule has 1 heterocycles. The van der Waals surface area contributed by atoms with Gasteiger partial charge in [0.1, 0.15) is 12.2 Å². The van der Waals surface area contributed by atoms with Gasteiger partial charge in [-0.1, -0.05) is 23.3 Å². The van der Waals surface area contributed by atoms with E-state index in [1.54, 1.807) is 6.08 Å². The molecule has 0 saturated heterocycles. The number of fused-ring (bicyclic) bond motifs is 1. The standard InChI is InChI=1S/C15H14N2O9P2/c1-2-3-10(6-7-25-27(21)22)11-4-5-13(17(19)20)14-12(11)8-16(15(14)18)9-26-28(23)24/h2-5H,1,6-9H2/p+2. The summed E-state index contributed by atoms with van der Waals surface area (Å²) >= 11 is 0. The minimum atomic E-state index is -2.94. The van der Waals surface area contributed by atoms with Crippen molar-refractivity contribution >= 4 is 33.7 Å². The van der Waals surface area contributed by atoms with Crippen LogP contribution in [0.1, 0.15) is 27.9 Å². The summed E-state index contributed by atoms with van der Waals surface area (Å²) in [6, 6.07) is 2.66. The lowest BCUT2D eigenvalue weighted by molar-refractivity contribution is -0.385. The fraction of sp³-hybridized carbons (Fsp3) is 0.267. The lowest BCUT2D eigenvalue weighted by Crippen LogP contribution is -2.25. The molecule has 28 heavy (non-hydrogen) atoms. The predicted octanol–water partition coefficient (Wildman–Crippen LogP) is 2.80. The van der Waals surface area contributed by atoms with Crippen LogP contribution in [0.25, 0.3) is 5.57 Å². The van der Waals surface area contributed by atoms with Crippen molar-refractivity contribution in [3.05, 3.63) is 57.7 Å². The van der Waals surface area contributed by atoms with Crippen LogP contribution in [0.15, 0.2) is 30.9 Å². The molecule has 2 atom stereocenters. The van der Waals surface area contributed by atoms with Crippen LogP contribution in [-0.4, -0.2) is 38.9 Å². The third kappa shape index (κ3) is 5.11. The van der Waals surface area contributed by atoms with E-state index in [1.165, 1.54) is 18.2 Å². The number of hydrogen-bond acceptors (Lipinski definition) is 7. The summed E-state index contributed by atoms with van der Waals surface area (Å²) in [5.41, 5.74) is 0.899. The van der Waals surface area contributed by atoms with E-state index in [4.69, 9.17) is 9.79 Å². The topological polar surface area (TPSA) is 157 Å². The van der Waals surface area contributed by atoms with Crippen LogP contribution >= 0.6 is 16.5 Å². The SMILES string of the molecule is C=CC=C(CCO[P+](=O)O)c1ccc([N+](=O)[O-])c2c1CN(CO[P+](=O)O)C2=O. The second-order valence-corrected chi connectivity index (χ2v) is 6.96. The maximum absolute atomic E-state index is 12.6. The molecule has 1 aromatic carbocycles. The van der Waals surface area contributed by atoms with Crippen molar-refractivity contribution < 1.29 is 37.7 Å². The van der Waals surface area contributed by atoms with Gasteiger partial charge in [0.2, 0.25) is 0 Å². The van der Waals surface area contributed by atoms with Gasteiger partial charge in [-0.2, -0.15) is 0 Å². The first-order valence-electron chi connectivity index (χ1n) is 7.75. The third-order valence-corrected chi connectivity index (χ3v) is 4.64. The summed E-state index contributed by atoms with van der Waals surface area (Å²) in [5, 5.41) is 11.3. The number of nitro benzene ring substituents is 1. The summed E-state index contributed by atoms with van der Waals surface area (Å²) in [7, 11) is -5.72. The van der Waals surface area contributed by atoms with Crippen LogP contribution in [0.3, 0.4) is 0 Å². The normalized spacial score (nSPS) is 14.7. The number of nitro groups is 1. The molecular weight excluding hydrogens is 414 g/mol. The van der Waals surface area contributed by atoms with Crippen molar-refractivity contribution in [2.75, 3.05) is 13.3 Å². The molecule has 0 aliphatic carbocycles. The average Bonchev–Trinajstić information content (AvgIpc) is 2.95. The number of carbonyl (C=O) groups excluding carboxylic acids is 1. The molecule has 1 aliphatic heterocycles. The van der Waals surface area contributed by atoms with Gasteiger partial charge in [-0.25, -0.2) is 0 Å². The fourth-order valence-electron chi connectivity index (χ4n) is 2.82. The maximum Gasteiger partial charge on any atom is 0.696 e. The Morgan fingerprint density at radius 3 is 2.57 bits per heavy atom. The molecule has 2 unspecified atom stereocenters. The van der Waals surface area contributed by atoms with Crippen LogP contribution in [0.2, 0.25) is 0 Å². The summed E-state index contributed by atoms with van der Waals surface area (Å²) in [6.07, 6.45) is 3.25. The smallest absolute Gasteiger partial charge is 0.306 e. The molecule has 1 amide bonds. The Bertz CT molecular complexity index is 885. The van der Waals surface area contributed by atoms with Crippen molar-refractivity contribution in [2.24, 2.45) is 0 Å². The first kappa shape index (κ1) is 21.9. The van der Waals surface area contributed by atoms with Crippen molar-refractivity contribution in [1.82, 2.24) is 4.90 Å². The molecular formula is C15H16N2O9P2+2. The summed E-state index contributed by atoms with van der Waals surface area (Å²) in [4.78, 5) is 41.8. The van der Waals surface area contributed by atoms with Gasteiger partial charge in [-0.3, -0.25) is 14.9 Å². The Hall–Kier alpha value is -2.39. The molecule has 148 valence electrons. The highest BCUT2D eigenvalue weighted by molar-refractivity contribution is 7.32. The van der Waals surface area contributed by atoms with E-state index in [0.717, 1.165) is 4.90 Å². The van der Waals surface area contributed by atoms with Crippen LogP contribution in [0, 0.1) is 10.1 Å². The zero-order valence-electron chi connectivity index (χ0n) is 14.4. The zero-order valence-corrected chi connectivity index (χ0v) is 16.2. The minimum absolute atomic E-state index is 0.0715. The number of rotatable bonds is 10. The first-order valence-corrected chi connectivity index (χ1v) is 10.0. The lowest BCUT2D eigenvalue weighted by Gasteiger charge is -2.12. The van der Waals surface area contributed by atoms with E-state index in [1.807, 2.05) is 0 Å². The summed E-state index contributed by atoms with van der Waals surface area (Å²) in [5.74, 6) is -0.701. The minimum Gasteiger partial charge on any atom is -0.306 e. The molecule has 0 aromatic heterocycles. The van der Waals surface area contributed by atoms with Gasteiger partial charge in [0.15, 0.2) is 6.73 Å². The number of hydrogen-bond donors (Lipinski definition) is 2. The van der Waals surface area contributed by atoms with Gasteiger partial charge in [0, 0.05) is 21.6 Å². The van der Waals surface area contributed by atoms with Crippen molar-refractivity contribution in [2.45, 2.75) is 13.0 Å². The highest BCUT2D eigenvalue weighted by Crippen LogP contribution is 2.37. The fourth-order valence-corrected chi connectivity index (χ4v) is 3.30. The largest absolute Gasteiger partial charge is 0.696 e. The number of benzene rings is 1. The van der Waals surface area contributed by atoms with Gasteiger partial charge in [0.25, 0.3) is 11.6 Å². The van der Waals surface area contributed by atoms with E-state index < -0.39 is 39.8 Å².